The number of amides is 3. The van der Waals surface area contributed by atoms with Crippen LogP contribution < -0.4 is 16.0 Å². The molecule has 1 heterocycles. The summed E-state index contributed by atoms with van der Waals surface area (Å²) in [6.07, 6.45) is 3.33. The van der Waals surface area contributed by atoms with Crippen molar-refractivity contribution >= 4 is 47.0 Å². The summed E-state index contributed by atoms with van der Waals surface area (Å²) in [5, 5.41) is 19.3. The van der Waals surface area contributed by atoms with E-state index in [0.29, 0.717) is 29.3 Å². The third-order valence-corrected chi connectivity index (χ3v) is 6.41. The first kappa shape index (κ1) is 42.9. The Balaban J connectivity index is 0. The molecule has 14 heteroatoms. The standard InChI is InChI=1S/C19H21N3O4S.C6H13NO.C5H9NO2.Y/c1-4-13(9-23)20-16(25)15-10-27-17(22-15)12-5-7-14(8-6-12)21-18(26)19(2,3)11-24;1-5(2)3-4-6(7)8;1-4(6-2)5(7)8-3;/h4-10,24H,11H2,1-3H3,(H,20,25)(H,21,26);5H,3-4H2,1-2H3,(H2,7,8);6H,1H2,2-3H3;/p-1/b13-4+;;;. The minimum atomic E-state index is -0.871. The summed E-state index contributed by atoms with van der Waals surface area (Å²) < 4.78 is 4.30. The molecule has 2 aromatic rings. The van der Waals surface area contributed by atoms with E-state index in [1.54, 1.807) is 57.5 Å². The van der Waals surface area contributed by atoms with E-state index in [4.69, 9.17) is 5.73 Å². The van der Waals surface area contributed by atoms with Crippen molar-refractivity contribution in [3.63, 3.8) is 0 Å². The summed E-state index contributed by atoms with van der Waals surface area (Å²) in [6, 6.07) is 7.02. The average molecular weight is 706 g/mol. The van der Waals surface area contributed by atoms with Crippen molar-refractivity contribution in [2.45, 2.75) is 47.5 Å². The minimum absolute atomic E-state index is 0. The molecule has 44 heavy (non-hydrogen) atoms. The number of aliphatic hydroxyl groups excluding tert-OH is 1. The van der Waals surface area contributed by atoms with Gasteiger partial charge in [0.2, 0.25) is 5.91 Å². The Morgan fingerprint density at radius 1 is 1.18 bits per heavy atom. The van der Waals surface area contributed by atoms with Crippen LogP contribution >= 0.6 is 11.3 Å². The van der Waals surface area contributed by atoms with Gasteiger partial charge >= 0.3 is 5.97 Å². The quantitative estimate of drug-likeness (QED) is 0.140. The molecule has 0 unspecified atom stereocenters. The van der Waals surface area contributed by atoms with Gasteiger partial charge in [-0.15, -0.1) is 11.3 Å². The minimum Gasteiger partial charge on any atom is -0.668 e. The smallest absolute Gasteiger partial charge is 0.353 e. The zero-order valence-electron chi connectivity index (χ0n) is 26.3. The Kier molecular flexibility index (Phi) is 21.7. The van der Waals surface area contributed by atoms with Crippen LogP contribution in [0.3, 0.4) is 0 Å². The van der Waals surface area contributed by atoms with Crippen LogP contribution in [0.4, 0.5) is 5.69 Å². The zero-order chi connectivity index (χ0) is 33.2. The van der Waals surface area contributed by atoms with Crippen molar-refractivity contribution in [3.8, 4) is 10.6 Å². The second-order valence-corrected chi connectivity index (χ2v) is 10.9. The number of aldehydes is 1. The number of hydrogen-bond acceptors (Lipinski definition) is 10. The third-order valence-electron chi connectivity index (χ3n) is 5.51. The Labute approximate surface area is 288 Å². The number of likely N-dealkylation sites (N-methyl/N-ethyl adjacent to an activating group) is 1. The molecule has 2 rings (SSSR count). The molecular weight excluding hydrogens is 663 g/mol. The zero-order valence-corrected chi connectivity index (χ0v) is 29.9. The van der Waals surface area contributed by atoms with Crippen molar-refractivity contribution < 1.29 is 66.5 Å². The molecule has 0 fully saturated rings. The van der Waals surface area contributed by atoms with Gasteiger partial charge in [-0.1, -0.05) is 26.5 Å². The molecule has 0 bridgehead atoms. The topological polar surface area (TPSA) is 188 Å². The van der Waals surface area contributed by atoms with Crippen molar-refractivity contribution in [2.24, 2.45) is 11.3 Å². The summed E-state index contributed by atoms with van der Waals surface area (Å²) >= 11 is 1.30. The van der Waals surface area contributed by atoms with Crippen molar-refractivity contribution in [1.82, 2.24) is 15.6 Å². The van der Waals surface area contributed by atoms with Gasteiger partial charge in [0.25, 0.3) is 5.91 Å². The molecule has 1 aromatic carbocycles. The van der Waals surface area contributed by atoms with Crippen LogP contribution in [-0.2, 0) is 56.6 Å². The predicted molar refractivity (Wildman–Crippen MR) is 168 cm³/mol. The first-order valence-electron chi connectivity index (χ1n) is 13.3. The number of aliphatic hydroxyl groups is 1. The number of nitrogens with one attached hydrogen (secondary N) is 4. The number of carbonyl (C=O) groups excluding carboxylic acids is 5. The van der Waals surface area contributed by atoms with E-state index < -0.39 is 23.2 Å². The fourth-order valence-corrected chi connectivity index (χ4v) is 3.39. The number of thiazole rings is 1. The number of esters is 1. The molecule has 239 valence electrons. The van der Waals surface area contributed by atoms with Crippen molar-refractivity contribution in [3.05, 3.63) is 65.1 Å². The van der Waals surface area contributed by atoms with E-state index in [2.05, 4.69) is 32.3 Å². The van der Waals surface area contributed by atoms with E-state index in [1.165, 1.54) is 24.5 Å². The van der Waals surface area contributed by atoms with Gasteiger partial charge < -0.3 is 36.3 Å². The molecule has 0 aliphatic carbocycles. The van der Waals surface area contributed by atoms with Gasteiger partial charge in [0, 0.05) is 62.3 Å². The number of aromatic nitrogens is 1. The van der Waals surface area contributed by atoms with Crippen LogP contribution in [0, 0.1) is 11.3 Å². The van der Waals surface area contributed by atoms with Gasteiger partial charge in [-0.2, -0.15) is 0 Å². The van der Waals surface area contributed by atoms with Crippen LogP contribution in [0.2, 0.25) is 0 Å². The predicted octanol–water partition coefficient (Wildman–Crippen LogP) is 4.49. The van der Waals surface area contributed by atoms with E-state index >= 15 is 0 Å². The maximum atomic E-state index is 12.1. The van der Waals surface area contributed by atoms with Crippen LogP contribution in [0.15, 0.2) is 53.7 Å². The summed E-state index contributed by atoms with van der Waals surface area (Å²) in [4.78, 5) is 59.6. The van der Waals surface area contributed by atoms with Gasteiger partial charge in [-0.3, -0.25) is 14.4 Å². The number of nitrogens with zero attached hydrogens (tertiary/aromatic N) is 1. The monoisotopic (exact) mass is 705 g/mol. The average Bonchev–Trinajstić information content (AvgIpc) is 3.49. The number of methoxy groups -OCH3 is 1. The van der Waals surface area contributed by atoms with Gasteiger partial charge in [0.1, 0.15) is 16.4 Å². The number of hydrogen-bond donors (Lipinski definition) is 4. The molecular formula is C30H42N5O7SY-. The molecule has 0 atom stereocenters. The molecule has 0 saturated heterocycles. The second-order valence-electron chi connectivity index (χ2n) is 10.0. The van der Waals surface area contributed by atoms with Gasteiger partial charge in [-0.25, -0.2) is 9.78 Å². The van der Waals surface area contributed by atoms with Crippen LogP contribution in [0.5, 0.6) is 0 Å². The Hall–Kier alpha value is -3.26. The molecule has 0 saturated carbocycles. The molecule has 0 aliphatic rings. The van der Waals surface area contributed by atoms with Crippen LogP contribution in [0.25, 0.3) is 16.3 Å². The van der Waals surface area contributed by atoms with Gasteiger partial charge in [0.05, 0.1) is 24.8 Å². The number of allylic oxidation sites excluding steroid dienone is 2. The normalized spacial score (nSPS) is 10.4. The maximum absolute atomic E-state index is 12.1. The number of ether oxygens (including phenoxy) is 1. The molecule has 3 amide bonds. The molecule has 1 aromatic heterocycles. The van der Waals surface area contributed by atoms with E-state index in [9.17, 15) is 29.1 Å². The molecule has 5 N–H and O–H groups in total. The molecule has 0 spiro atoms. The van der Waals surface area contributed by atoms with Crippen molar-refractivity contribution in [2.75, 3.05) is 26.1 Å². The Morgan fingerprint density at radius 2 is 1.77 bits per heavy atom. The van der Waals surface area contributed by atoms with Gasteiger partial charge in [-0.05, 0) is 63.8 Å². The first-order chi connectivity index (χ1) is 20.1. The summed E-state index contributed by atoms with van der Waals surface area (Å²) in [5.41, 5.74) is 7.73. The Bertz CT molecular complexity index is 1260. The Morgan fingerprint density at radius 3 is 2.16 bits per heavy atom. The fourth-order valence-electron chi connectivity index (χ4n) is 2.59. The van der Waals surface area contributed by atoms with E-state index in [-0.39, 0.29) is 62.3 Å². The number of anilines is 1. The third kappa shape index (κ3) is 16.6. The number of benzene rings is 1. The molecule has 12 nitrogen and oxygen atoms in total. The number of carbonyl (C=O) groups is 5. The second kappa shape index (κ2) is 22.3. The SMILES string of the molecule is C/C=C(\C=O)NC(=O)c1csc(-c2ccc(NC(=O)C(C)(C)CO)cc2)n1.C=C(NC)C(=O)OC.CC(C)CCC([NH-])=O.[Y]. The first-order valence-corrected chi connectivity index (χ1v) is 14.1. The summed E-state index contributed by atoms with van der Waals surface area (Å²) in [6.45, 7) is 12.2. The number of rotatable bonds is 12. The largest absolute Gasteiger partial charge is 0.668 e. The van der Waals surface area contributed by atoms with E-state index in [1.807, 2.05) is 13.8 Å². The molecule has 0 aliphatic heterocycles. The van der Waals surface area contributed by atoms with Crippen molar-refractivity contribution in [1.29, 1.82) is 0 Å². The fraction of sp³-hybridized carbons (Fsp3) is 0.400. The summed E-state index contributed by atoms with van der Waals surface area (Å²) in [5.74, 6) is -1.05. The summed E-state index contributed by atoms with van der Waals surface area (Å²) in [7, 11) is 2.92. The van der Waals surface area contributed by atoms with E-state index in [0.717, 1.165) is 12.0 Å². The maximum Gasteiger partial charge on any atom is 0.353 e. The van der Waals surface area contributed by atoms with Crippen LogP contribution in [0.1, 0.15) is 57.9 Å². The van der Waals surface area contributed by atoms with Gasteiger partial charge in [0.15, 0.2) is 6.29 Å². The molecule has 1 radical (unpaired) electrons. The van der Waals surface area contributed by atoms with Crippen LogP contribution in [-0.4, -0.2) is 60.8 Å².